The number of aliphatic hydroxyl groups is 1. The van der Waals surface area contributed by atoms with Gasteiger partial charge in [0.05, 0.1) is 11.2 Å². The van der Waals surface area contributed by atoms with Crippen LogP contribution in [-0.4, -0.2) is 32.1 Å². The maximum atomic E-state index is 13.3. The number of benzene rings is 2. The quantitative estimate of drug-likeness (QED) is 0.452. The molecule has 0 radical (unpaired) electrons. The van der Waals surface area contributed by atoms with Crippen molar-refractivity contribution >= 4 is 11.0 Å². The molecule has 2 heterocycles. The van der Waals surface area contributed by atoms with E-state index in [9.17, 15) is 25.2 Å². The zero-order chi connectivity index (χ0) is 23.4. The fourth-order valence-corrected chi connectivity index (χ4v) is 3.90. The first kappa shape index (κ1) is 21.8. The van der Waals surface area contributed by atoms with Crippen LogP contribution in [0, 0.1) is 0 Å². The summed E-state index contributed by atoms with van der Waals surface area (Å²) in [6, 6.07) is 4.38. The van der Waals surface area contributed by atoms with Crippen molar-refractivity contribution in [3.63, 3.8) is 0 Å². The third-order valence-corrected chi connectivity index (χ3v) is 5.81. The highest BCUT2D eigenvalue weighted by Crippen LogP contribution is 2.43. The molecule has 0 saturated heterocycles. The lowest BCUT2D eigenvalue weighted by Gasteiger charge is -2.24. The fraction of sp³-hybridized carbons (Fsp3) is 0.320. The standard InChI is InChI=1S/C25H26O7/c1-12(2)5-6-14-17(26)8-7-13(22(14)27)16-11-31-19-10-18-15(23(28)21(19)24(16)29)9-20(32-18)25(3,4)30/h5,7-8,10-11,20,26-28,30H,6,9H2,1-4H3/t20-/m0/s1. The van der Waals surface area contributed by atoms with Crippen LogP contribution in [0.2, 0.25) is 0 Å². The van der Waals surface area contributed by atoms with Crippen molar-refractivity contribution < 1.29 is 29.6 Å². The van der Waals surface area contributed by atoms with Gasteiger partial charge in [0.1, 0.15) is 46.3 Å². The van der Waals surface area contributed by atoms with E-state index >= 15 is 0 Å². The summed E-state index contributed by atoms with van der Waals surface area (Å²) in [5, 5.41) is 42.1. The van der Waals surface area contributed by atoms with E-state index in [0.717, 1.165) is 5.57 Å². The molecule has 7 heteroatoms. The lowest BCUT2D eigenvalue weighted by Crippen LogP contribution is -2.39. The fourth-order valence-electron chi connectivity index (χ4n) is 3.90. The van der Waals surface area contributed by atoms with E-state index in [2.05, 4.69) is 0 Å². The summed E-state index contributed by atoms with van der Waals surface area (Å²) >= 11 is 0. The van der Waals surface area contributed by atoms with Gasteiger partial charge in [-0.1, -0.05) is 11.6 Å². The van der Waals surface area contributed by atoms with Crippen LogP contribution < -0.4 is 10.2 Å². The summed E-state index contributed by atoms with van der Waals surface area (Å²) in [4.78, 5) is 13.3. The molecule has 0 amide bonds. The molecule has 4 N–H and O–H groups in total. The van der Waals surface area contributed by atoms with Gasteiger partial charge < -0.3 is 29.6 Å². The van der Waals surface area contributed by atoms with E-state index in [1.165, 1.54) is 24.5 Å². The molecule has 1 atom stereocenters. The van der Waals surface area contributed by atoms with Crippen molar-refractivity contribution in [3.05, 3.63) is 57.5 Å². The number of phenols is 3. The first-order valence-corrected chi connectivity index (χ1v) is 10.4. The van der Waals surface area contributed by atoms with Crippen molar-refractivity contribution in [1.29, 1.82) is 0 Å². The normalized spacial score (nSPS) is 15.5. The first-order valence-electron chi connectivity index (χ1n) is 10.4. The van der Waals surface area contributed by atoms with Crippen LogP contribution in [0.15, 0.2) is 45.3 Å². The summed E-state index contributed by atoms with van der Waals surface area (Å²) < 4.78 is 11.4. The second-order valence-electron chi connectivity index (χ2n) is 8.96. The van der Waals surface area contributed by atoms with E-state index in [4.69, 9.17) is 9.15 Å². The van der Waals surface area contributed by atoms with Gasteiger partial charge in [-0.15, -0.1) is 0 Å². The minimum absolute atomic E-state index is 0.0282. The van der Waals surface area contributed by atoms with Crippen LogP contribution in [0.1, 0.15) is 38.8 Å². The van der Waals surface area contributed by atoms with Gasteiger partial charge in [-0.05, 0) is 46.2 Å². The average Bonchev–Trinajstić information content (AvgIpc) is 3.14. The highest BCUT2D eigenvalue weighted by atomic mass is 16.5. The predicted molar refractivity (Wildman–Crippen MR) is 120 cm³/mol. The minimum Gasteiger partial charge on any atom is -0.508 e. The van der Waals surface area contributed by atoms with Gasteiger partial charge in [-0.2, -0.15) is 0 Å². The molecule has 1 aliphatic heterocycles. The molecule has 0 fully saturated rings. The Kier molecular flexibility index (Phi) is 5.17. The highest BCUT2D eigenvalue weighted by molar-refractivity contribution is 5.91. The van der Waals surface area contributed by atoms with Crippen LogP contribution in [0.3, 0.4) is 0 Å². The smallest absolute Gasteiger partial charge is 0.204 e. The summed E-state index contributed by atoms with van der Waals surface area (Å²) in [7, 11) is 0. The molecule has 4 rings (SSSR count). The molecule has 168 valence electrons. The van der Waals surface area contributed by atoms with Gasteiger partial charge in [-0.25, -0.2) is 0 Å². The Hall–Kier alpha value is -3.45. The minimum atomic E-state index is -1.14. The largest absolute Gasteiger partial charge is 0.508 e. The number of fused-ring (bicyclic) bond motifs is 2. The number of hydrogen-bond donors (Lipinski definition) is 4. The molecule has 0 unspecified atom stereocenters. The molecule has 2 aromatic carbocycles. The van der Waals surface area contributed by atoms with Crippen LogP contribution in [0.4, 0.5) is 0 Å². The monoisotopic (exact) mass is 438 g/mol. The van der Waals surface area contributed by atoms with Crippen molar-refractivity contribution in [2.45, 2.75) is 52.2 Å². The van der Waals surface area contributed by atoms with Gasteiger partial charge >= 0.3 is 0 Å². The number of aromatic hydroxyl groups is 3. The van der Waals surface area contributed by atoms with Crippen LogP contribution in [0.5, 0.6) is 23.0 Å². The van der Waals surface area contributed by atoms with Gasteiger partial charge in [0.2, 0.25) is 5.43 Å². The molecule has 1 aliphatic rings. The average molecular weight is 438 g/mol. The van der Waals surface area contributed by atoms with Crippen molar-refractivity contribution in [2.24, 2.45) is 0 Å². The van der Waals surface area contributed by atoms with E-state index in [0.29, 0.717) is 23.3 Å². The Balaban J connectivity index is 1.87. The predicted octanol–water partition coefficient (Wildman–Crippen LogP) is 4.16. The molecular formula is C25H26O7. The van der Waals surface area contributed by atoms with Crippen molar-refractivity contribution in [2.75, 3.05) is 0 Å². The lowest BCUT2D eigenvalue weighted by atomic mass is 9.95. The summed E-state index contributed by atoms with van der Waals surface area (Å²) in [5.41, 5.74) is 0.463. The Labute approximate surface area is 184 Å². The molecule has 0 saturated carbocycles. The molecule has 1 aromatic heterocycles. The Morgan fingerprint density at radius 2 is 1.88 bits per heavy atom. The maximum absolute atomic E-state index is 13.3. The van der Waals surface area contributed by atoms with E-state index in [-0.39, 0.29) is 45.8 Å². The third kappa shape index (κ3) is 3.58. The highest BCUT2D eigenvalue weighted by Gasteiger charge is 2.37. The molecule has 32 heavy (non-hydrogen) atoms. The SMILES string of the molecule is CC(C)=CCc1c(O)ccc(-c2coc3cc4c(c(O)c3c2=O)C[C@@H](C(C)(C)O)O4)c1O. The lowest BCUT2D eigenvalue weighted by molar-refractivity contribution is -0.0229. The van der Waals surface area contributed by atoms with Gasteiger partial charge in [0.15, 0.2) is 0 Å². The first-order chi connectivity index (χ1) is 15.0. The number of allylic oxidation sites excluding steroid dienone is 2. The Morgan fingerprint density at radius 3 is 2.53 bits per heavy atom. The zero-order valence-electron chi connectivity index (χ0n) is 18.4. The Bertz CT molecular complexity index is 1300. The third-order valence-electron chi connectivity index (χ3n) is 5.81. The second kappa shape index (κ2) is 7.60. The van der Waals surface area contributed by atoms with Gasteiger partial charge in [-0.3, -0.25) is 4.79 Å². The molecule has 0 aliphatic carbocycles. The number of hydrogen-bond acceptors (Lipinski definition) is 7. The van der Waals surface area contributed by atoms with Gasteiger partial charge in [0.25, 0.3) is 0 Å². The summed E-state index contributed by atoms with van der Waals surface area (Å²) in [6.07, 6.45) is 3.03. The van der Waals surface area contributed by atoms with Crippen LogP contribution >= 0.6 is 0 Å². The molecule has 7 nitrogen and oxygen atoms in total. The van der Waals surface area contributed by atoms with Crippen LogP contribution in [-0.2, 0) is 12.8 Å². The summed E-state index contributed by atoms with van der Waals surface area (Å²) in [6.45, 7) is 7.04. The number of phenolic OH excluding ortho intramolecular Hbond substituents is 3. The molecular weight excluding hydrogens is 412 g/mol. The topological polar surface area (TPSA) is 120 Å². The molecule has 3 aromatic rings. The van der Waals surface area contributed by atoms with E-state index in [1.807, 2.05) is 19.9 Å². The van der Waals surface area contributed by atoms with Crippen LogP contribution in [0.25, 0.3) is 22.1 Å². The number of ether oxygens (including phenoxy) is 1. The van der Waals surface area contributed by atoms with E-state index < -0.39 is 17.1 Å². The maximum Gasteiger partial charge on any atom is 0.204 e. The Morgan fingerprint density at radius 1 is 1.16 bits per heavy atom. The molecule has 0 bridgehead atoms. The molecule has 0 spiro atoms. The van der Waals surface area contributed by atoms with Gasteiger partial charge in [0, 0.05) is 29.2 Å². The van der Waals surface area contributed by atoms with Crippen molar-refractivity contribution in [1.82, 2.24) is 0 Å². The summed E-state index contributed by atoms with van der Waals surface area (Å²) in [5.74, 6) is -0.206. The van der Waals surface area contributed by atoms with Crippen molar-refractivity contribution in [3.8, 4) is 34.1 Å². The second-order valence-corrected chi connectivity index (χ2v) is 8.96. The zero-order valence-corrected chi connectivity index (χ0v) is 18.4. The number of rotatable bonds is 4. The van der Waals surface area contributed by atoms with E-state index in [1.54, 1.807) is 13.8 Å².